The summed E-state index contributed by atoms with van der Waals surface area (Å²) in [6.07, 6.45) is 0. The SMILES string of the molecule is COc1ccc(OC)c(NC2=C(c3ccc(Cl)cc3)C(=O)N(c3ccccc3C)C2=O)c1. The number of carbonyl (C=O) groups excluding carboxylic acids is 2. The summed E-state index contributed by atoms with van der Waals surface area (Å²) >= 11 is 6.04. The molecule has 1 aliphatic heterocycles. The minimum Gasteiger partial charge on any atom is -0.497 e. The van der Waals surface area contributed by atoms with E-state index in [1.165, 1.54) is 12.0 Å². The number of halogens is 1. The fourth-order valence-corrected chi connectivity index (χ4v) is 3.74. The van der Waals surface area contributed by atoms with E-state index in [0.29, 0.717) is 33.5 Å². The Kier molecular flexibility index (Phi) is 5.88. The average molecular weight is 449 g/mol. The lowest BCUT2D eigenvalue weighted by Gasteiger charge is -2.18. The van der Waals surface area contributed by atoms with Crippen LogP contribution >= 0.6 is 11.6 Å². The second-order valence-electron chi connectivity index (χ2n) is 7.18. The molecule has 2 amide bonds. The molecule has 0 unspecified atom stereocenters. The fraction of sp³-hybridized carbons (Fsp3) is 0.120. The predicted molar refractivity (Wildman–Crippen MR) is 125 cm³/mol. The van der Waals surface area contributed by atoms with Crippen molar-refractivity contribution in [2.75, 3.05) is 24.4 Å². The van der Waals surface area contributed by atoms with Crippen LogP contribution in [-0.4, -0.2) is 26.0 Å². The summed E-state index contributed by atoms with van der Waals surface area (Å²) in [6, 6.07) is 19.2. The maximum absolute atomic E-state index is 13.6. The number of hydrogen-bond donors (Lipinski definition) is 1. The molecule has 6 nitrogen and oxygen atoms in total. The van der Waals surface area contributed by atoms with E-state index in [2.05, 4.69) is 5.32 Å². The third-order valence-corrected chi connectivity index (χ3v) is 5.49. The first-order chi connectivity index (χ1) is 15.4. The number of anilines is 2. The molecule has 0 spiro atoms. The molecule has 0 radical (unpaired) electrons. The molecule has 162 valence electrons. The lowest BCUT2D eigenvalue weighted by Crippen LogP contribution is -2.33. The Hall–Kier alpha value is -3.77. The molecule has 0 atom stereocenters. The van der Waals surface area contributed by atoms with Gasteiger partial charge in [0.1, 0.15) is 17.2 Å². The molecule has 1 aliphatic rings. The number of carbonyl (C=O) groups is 2. The Morgan fingerprint density at radius 1 is 0.875 bits per heavy atom. The van der Waals surface area contributed by atoms with E-state index in [1.807, 2.05) is 19.1 Å². The molecule has 1 heterocycles. The van der Waals surface area contributed by atoms with Gasteiger partial charge in [0.2, 0.25) is 0 Å². The summed E-state index contributed by atoms with van der Waals surface area (Å²) in [6.45, 7) is 1.86. The summed E-state index contributed by atoms with van der Waals surface area (Å²) in [5.74, 6) is 0.202. The molecule has 4 rings (SSSR count). The number of para-hydroxylation sites is 1. The van der Waals surface area contributed by atoms with Crippen molar-refractivity contribution in [3.63, 3.8) is 0 Å². The molecule has 32 heavy (non-hydrogen) atoms. The highest BCUT2D eigenvalue weighted by molar-refractivity contribution is 6.46. The van der Waals surface area contributed by atoms with E-state index in [4.69, 9.17) is 21.1 Å². The van der Waals surface area contributed by atoms with Gasteiger partial charge in [-0.15, -0.1) is 0 Å². The molecule has 0 aromatic heterocycles. The maximum atomic E-state index is 13.6. The van der Waals surface area contributed by atoms with Crippen molar-refractivity contribution >= 4 is 40.4 Å². The van der Waals surface area contributed by atoms with Gasteiger partial charge in [-0.25, -0.2) is 4.90 Å². The number of nitrogens with one attached hydrogen (secondary N) is 1. The number of aryl methyl sites for hydroxylation is 1. The van der Waals surface area contributed by atoms with Gasteiger partial charge < -0.3 is 14.8 Å². The third kappa shape index (κ3) is 3.81. The Balaban J connectivity index is 1.87. The number of nitrogens with zero attached hydrogens (tertiary/aromatic N) is 1. The van der Waals surface area contributed by atoms with Gasteiger partial charge >= 0.3 is 0 Å². The van der Waals surface area contributed by atoms with Crippen LogP contribution in [0.2, 0.25) is 5.02 Å². The van der Waals surface area contributed by atoms with Crippen LogP contribution in [-0.2, 0) is 9.59 Å². The molecule has 0 bridgehead atoms. The zero-order valence-electron chi connectivity index (χ0n) is 17.8. The van der Waals surface area contributed by atoms with E-state index < -0.39 is 11.8 Å². The second kappa shape index (κ2) is 8.77. The van der Waals surface area contributed by atoms with E-state index in [1.54, 1.807) is 61.7 Å². The molecule has 7 heteroatoms. The molecule has 3 aromatic carbocycles. The summed E-state index contributed by atoms with van der Waals surface area (Å²) in [4.78, 5) is 28.3. The number of rotatable bonds is 6. The smallest absolute Gasteiger partial charge is 0.282 e. The van der Waals surface area contributed by atoms with Gasteiger partial charge in [0.25, 0.3) is 11.8 Å². The van der Waals surface area contributed by atoms with Crippen LogP contribution in [0.1, 0.15) is 11.1 Å². The van der Waals surface area contributed by atoms with Crippen molar-refractivity contribution in [3.8, 4) is 11.5 Å². The Morgan fingerprint density at radius 3 is 2.25 bits per heavy atom. The number of methoxy groups -OCH3 is 2. The van der Waals surface area contributed by atoms with Gasteiger partial charge in [0.05, 0.1) is 31.2 Å². The average Bonchev–Trinajstić information content (AvgIpc) is 3.04. The first-order valence-corrected chi connectivity index (χ1v) is 10.3. The van der Waals surface area contributed by atoms with Crippen molar-refractivity contribution < 1.29 is 19.1 Å². The molecule has 0 aliphatic carbocycles. The minimum absolute atomic E-state index is 0.145. The number of ether oxygens (including phenoxy) is 2. The number of hydrogen-bond acceptors (Lipinski definition) is 5. The third-order valence-electron chi connectivity index (χ3n) is 5.24. The van der Waals surface area contributed by atoms with Crippen LogP contribution in [0.25, 0.3) is 5.57 Å². The second-order valence-corrected chi connectivity index (χ2v) is 7.62. The zero-order valence-corrected chi connectivity index (χ0v) is 18.6. The van der Waals surface area contributed by atoms with Gasteiger partial charge in [-0.3, -0.25) is 9.59 Å². The van der Waals surface area contributed by atoms with Crippen LogP contribution in [0.3, 0.4) is 0 Å². The van der Waals surface area contributed by atoms with Crippen molar-refractivity contribution in [2.24, 2.45) is 0 Å². The largest absolute Gasteiger partial charge is 0.497 e. The van der Waals surface area contributed by atoms with Crippen LogP contribution in [0.5, 0.6) is 11.5 Å². The molecule has 0 saturated carbocycles. The summed E-state index contributed by atoms with van der Waals surface area (Å²) in [5.41, 5.74) is 2.81. The molecule has 0 fully saturated rings. The van der Waals surface area contributed by atoms with E-state index in [-0.39, 0.29) is 11.3 Å². The summed E-state index contributed by atoms with van der Waals surface area (Å²) < 4.78 is 10.7. The van der Waals surface area contributed by atoms with Gasteiger partial charge in [-0.05, 0) is 48.4 Å². The van der Waals surface area contributed by atoms with Crippen molar-refractivity contribution in [3.05, 3.63) is 88.6 Å². The molecule has 3 aromatic rings. The van der Waals surface area contributed by atoms with Gasteiger partial charge in [0.15, 0.2) is 0 Å². The highest BCUT2D eigenvalue weighted by Gasteiger charge is 2.41. The van der Waals surface area contributed by atoms with Crippen LogP contribution in [0, 0.1) is 6.92 Å². The van der Waals surface area contributed by atoms with Gasteiger partial charge in [0, 0.05) is 11.1 Å². The lowest BCUT2D eigenvalue weighted by atomic mass is 10.0. The van der Waals surface area contributed by atoms with E-state index >= 15 is 0 Å². The lowest BCUT2D eigenvalue weighted by molar-refractivity contribution is -0.120. The first kappa shape index (κ1) is 21.5. The molecule has 1 N–H and O–H groups in total. The highest BCUT2D eigenvalue weighted by Crippen LogP contribution is 2.37. The molecular weight excluding hydrogens is 428 g/mol. The van der Waals surface area contributed by atoms with Crippen LogP contribution < -0.4 is 19.7 Å². The van der Waals surface area contributed by atoms with Crippen LogP contribution in [0.15, 0.2) is 72.4 Å². The summed E-state index contributed by atoms with van der Waals surface area (Å²) in [5, 5.41) is 3.66. The monoisotopic (exact) mass is 448 g/mol. The standard InChI is InChI=1S/C25H21ClN2O4/c1-15-6-4-5-7-20(15)28-24(29)22(16-8-10-17(26)11-9-16)23(25(28)30)27-19-14-18(31-2)12-13-21(19)32-3/h4-14,27H,1-3H3. The Bertz CT molecular complexity index is 1230. The van der Waals surface area contributed by atoms with Crippen LogP contribution in [0.4, 0.5) is 11.4 Å². The maximum Gasteiger partial charge on any atom is 0.282 e. The van der Waals surface area contributed by atoms with Crippen molar-refractivity contribution in [1.29, 1.82) is 0 Å². The minimum atomic E-state index is -0.459. The topological polar surface area (TPSA) is 67.9 Å². The molecule has 0 saturated heterocycles. The number of amides is 2. The first-order valence-electron chi connectivity index (χ1n) is 9.88. The zero-order chi connectivity index (χ0) is 22.8. The van der Waals surface area contributed by atoms with Gasteiger partial charge in [-0.2, -0.15) is 0 Å². The van der Waals surface area contributed by atoms with E-state index in [0.717, 1.165) is 5.56 Å². The quantitative estimate of drug-likeness (QED) is 0.534. The fourth-order valence-electron chi connectivity index (χ4n) is 3.61. The van der Waals surface area contributed by atoms with E-state index in [9.17, 15) is 9.59 Å². The van der Waals surface area contributed by atoms with Crippen molar-refractivity contribution in [1.82, 2.24) is 0 Å². The van der Waals surface area contributed by atoms with Gasteiger partial charge in [-0.1, -0.05) is 41.9 Å². The highest BCUT2D eigenvalue weighted by atomic mass is 35.5. The Labute approximate surface area is 191 Å². The van der Waals surface area contributed by atoms with Crippen molar-refractivity contribution in [2.45, 2.75) is 6.92 Å². The Morgan fingerprint density at radius 2 is 1.59 bits per heavy atom. The summed E-state index contributed by atoms with van der Waals surface area (Å²) in [7, 11) is 3.08. The predicted octanol–water partition coefficient (Wildman–Crippen LogP) is 5.06. The molecular formula is C25H21ClN2O4. The normalized spacial score (nSPS) is 13.6. The number of imide groups is 1. The number of benzene rings is 3.